The van der Waals surface area contributed by atoms with Gasteiger partial charge in [0.05, 0.1) is 11.3 Å². The molecule has 102 valence electrons. The van der Waals surface area contributed by atoms with Crippen molar-refractivity contribution in [1.82, 2.24) is 0 Å². The minimum Gasteiger partial charge on any atom is -0.507 e. The molecule has 0 bridgehead atoms. The Balaban J connectivity index is 2.17. The lowest BCUT2D eigenvalue weighted by Gasteiger charge is -2.05. The molecule has 0 aliphatic carbocycles. The van der Waals surface area contributed by atoms with Gasteiger partial charge >= 0.3 is 5.97 Å². The minimum absolute atomic E-state index is 0.115. The van der Waals surface area contributed by atoms with E-state index >= 15 is 0 Å². The number of nitrogens with zero attached hydrogens (tertiary/aromatic N) is 1. The molecule has 0 atom stereocenters. The second kappa shape index (κ2) is 6.52. The van der Waals surface area contributed by atoms with Gasteiger partial charge in [0.1, 0.15) is 5.75 Å². The second-order valence-corrected chi connectivity index (χ2v) is 4.15. The van der Waals surface area contributed by atoms with Crippen molar-refractivity contribution in [3.05, 3.63) is 65.7 Å². The van der Waals surface area contributed by atoms with E-state index in [2.05, 4.69) is 5.16 Å². The monoisotopic (exact) mass is 269 g/mol. The summed E-state index contributed by atoms with van der Waals surface area (Å²) < 4.78 is 0. The number of hydrogen-bond acceptors (Lipinski definition) is 4. The summed E-state index contributed by atoms with van der Waals surface area (Å²) in [5.74, 6) is -0.407. The van der Waals surface area contributed by atoms with E-state index in [1.54, 1.807) is 48.5 Å². The van der Waals surface area contributed by atoms with Crippen molar-refractivity contribution >= 4 is 11.7 Å². The van der Waals surface area contributed by atoms with Crippen LogP contribution in [0.15, 0.2) is 59.8 Å². The Hall–Kier alpha value is -2.62. The van der Waals surface area contributed by atoms with Crippen LogP contribution >= 0.6 is 0 Å². The summed E-state index contributed by atoms with van der Waals surface area (Å²) in [6.07, 6.45) is 0.541. The molecule has 0 aliphatic heterocycles. The molecule has 0 saturated carbocycles. The highest BCUT2D eigenvalue weighted by Crippen LogP contribution is 2.18. The van der Waals surface area contributed by atoms with Gasteiger partial charge in [-0.05, 0) is 30.7 Å². The molecule has 1 N–H and O–H groups in total. The number of phenolic OH excluding ortho intramolecular Hbond substituents is 1. The predicted molar refractivity (Wildman–Crippen MR) is 76.8 cm³/mol. The fraction of sp³-hybridized carbons (Fsp3) is 0.125. The molecule has 0 aromatic heterocycles. The molecule has 0 heterocycles. The first-order valence-corrected chi connectivity index (χ1v) is 6.34. The second-order valence-electron chi connectivity index (χ2n) is 4.15. The van der Waals surface area contributed by atoms with Crippen LogP contribution < -0.4 is 0 Å². The number of oxime groups is 1. The summed E-state index contributed by atoms with van der Waals surface area (Å²) in [7, 11) is 0. The number of aromatic hydroxyl groups is 1. The Morgan fingerprint density at radius 2 is 1.75 bits per heavy atom. The summed E-state index contributed by atoms with van der Waals surface area (Å²) in [4.78, 5) is 16.7. The number of hydrogen-bond donors (Lipinski definition) is 1. The van der Waals surface area contributed by atoms with Crippen molar-refractivity contribution in [3.8, 4) is 5.75 Å². The van der Waals surface area contributed by atoms with Gasteiger partial charge in [0.2, 0.25) is 0 Å². The highest BCUT2D eigenvalue weighted by molar-refractivity contribution is 6.02. The minimum atomic E-state index is -0.521. The van der Waals surface area contributed by atoms with E-state index in [0.29, 0.717) is 23.3 Å². The Labute approximate surface area is 117 Å². The first-order chi connectivity index (χ1) is 9.72. The average molecular weight is 269 g/mol. The van der Waals surface area contributed by atoms with Gasteiger partial charge in [-0.3, -0.25) is 0 Å². The molecule has 20 heavy (non-hydrogen) atoms. The summed E-state index contributed by atoms with van der Waals surface area (Å²) >= 11 is 0. The third-order valence-electron chi connectivity index (χ3n) is 2.80. The smallest absolute Gasteiger partial charge is 0.365 e. The van der Waals surface area contributed by atoms with Crippen molar-refractivity contribution < 1.29 is 14.7 Å². The fourth-order valence-corrected chi connectivity index (χ4v) is 1.75. The SMILES string of the molecule is CC/C(=N\OC(=O)c1ccccc1)c1ccccc1O. The van der Waals surface area contributed by atoms with Crippen LogP contribution in [0.2, 0.25) is 0 Å². The Morgan fingerprint density at radius 1 is 1.10 bits per heavy atom. The number of benzene rings is 2. The summed E-state index contributed by atoms with van der Waals surface area (Å²) in [6.45, 7) is 1.88. The zero-order valence-electron chi connectivity index (χ0n) is 11.1. The number of carbonyl (C=O) groups is 1. The maximum absolute atomic E-state index is 11.8. The van der Waals surface area contributed by atoms with Crippen LogP contribution in [0.4, 0.5) is 0 Å². The van der Waals surface area contributed by atoms with Gasteiger partial charge in [-0.1, -0.05) is 42.4 Å². The first-order valence-electron chi connectivity index (χ1n) is 6.34. The first kappa shape index (κ1) is 13.8. The van der Waals surface area contributed by atoms with E-state index in [1.165, 1.54) is 0 Å². The molecule has 0 spiro atoms. The Kier molecular flexibility index (Phi) is 4.50. The fourth-order valence-electron chi connectivity index (χ4n) is 1.75. The van der Waals surface area contributed by atoms with Gasteiger partial charge in [0.25, 0.3) is 0 Å². The van der Waals surface area contributed by atoms with Crippen molar-refractivity contribution in [2.45, 2.75) is 13.3 Å². The quantitative estimate of drug-likeness (QED) is 0.526. The van der Waals surface area contributed by atoms with Gasteiger partial charge in [-0.2, -0.15) is 0 Å². The molecule has 2 aromatic rings. The van der Waals surface area contributed by atoms with Crippen LogP contribution in [0, 0.1) is 0 Å². The molecule has 0 aliphatic rings. The van der Waals surface area contributed by atoms with Gasteiger partial charge in [0, 0.05) is 5.56 Å². The zero-order chi connectivity index (χ0) is 14.4. The predicted octanol–water partition coefficient (Wildman–Crippen LogP) is 3.36. The van der Waals surface area contributed by atoms with Crippen molar-refractivity contribution in [2.75, 3.05) is 0 Å². The topological polar surface area (TPSA) is 58.9 Å². The molecular weight excluding hydrogens is 254 g/mol. The zero-order valence-corrected chi connectivity index (χ0v) is 11.1. The average Bonchev–Trinajstić information content (AvgIpc) is 2.50. The molecule has 0 fully saturated rings. The molecule has 2 rings (SSSR count). The molecule has 0 radical (unpaired) electrons. The van der Waals surface area contributed by atoms with Crippen LogP contribution in [0.3, 0.4) is 0 Å². The molecule has 0 unspecified atom stereocenters. The summed E-state index contributed by atoms with van der Waals surface area (Å²) in [6, 6.07) is 15.5. The van der Waals surface area contributed by atoms with Crippen LogP contribution in [-0.4, -0.2) is 16.8 Å². The molecule has 0 saturated heterocycles. The van der Waals surface area contributed by atoms with Gasteiger partial charge in [-0.15, -0.1) is 0 Å². The molecule has 4 heteroatoms. The van der Waals surface area contributed by atoms with E-state index in [-0.39, 0.29) is 5.75 Å². The lowest BCUT2D eigenvalue weighted by atomic mass is 10.1. The van der Waals surface area contributed by atoms with Crippen LogP contribution in [0.1, 0.15) is 29.3 Å². The Morgan fingerprint density at radius 3 is 2.40 bits per heavy atom. The summed E-state index contributed by atoms with van der Waals surface area (Å²) in [5, 5.41) is 13.6. The number of rotatable bonds is 4. The van der Waals surface area contributed by atoms with E-state index in [0.717, 1.165) is 0 Å². The van der Waals surface area contributed by atoms with Gasteiger partial charge in [-0.25, -0.2) is 4.79 Å². The van der Waals surface area contributed by atoms with Crippen LogP contribution in [0.5, 0.6) is 5.75 Å². The molecule has 0 amide bonds. The normalized spacial score (nSPS) is 11.2. The standard InChI is InChI=1S/C16H15NO3/c1-2-14(13-10-6-7-11-15(13)18)17-20-16(19)12-8-4-3-5-9-12/h3-11,18H,2H2,1H3/b17-14+. The number of carbonyl (C=O) groups excluding carboxylic acids is 1. The van der Waals surface area contributed by atoms with Crippen LogP contribution in [-0.2, 0) is 4.84 Å². The maximum Gasteiger partial charge on any atom is 0.365 e. The van der Waals surface area contributed by atoms with E-state index in [1.807, 2.05) is 13.0 Å². The van der Waals surface area contributed by atoms with Gasteiger partial charge < -0.3 is 9.94 Å². The third-order valence-corrected chi connectivity index (χ3v) is 2.80. The highest BCUT2D eigenvalue weighted by atomic mass is 16.7. The van der Waals surface area contributed by atoms with E-state index < -0.39 is 5.97 Å². The van der Waals surface area contributed by atoms with Crippen molar-refractivity contribution in [1.29, 1.82) is 0 Å². The van der Waals surface area contributed by atoms with Crippen LogP contribution in [0.25, 0.3) is 0 Å². The molecule has 4 nitrogen and oxygen atoms in total. The number of phenols is 1. The highest BCUT2D eigenvalue weighted by Gasteiger charge is 2.10. The molecule has 2 aromatic carbocycles. The summed E-state index contributed by atoms with van der Waals surface area (Å²) in [5.41, 5.74) is 1.52. The largest absolute Gasteiger partial charge is 0.507 e. The van der Waals surface area contributed by atoms with E-state index in [4.69, 9.17) is 4.84 Å². The van der Waals surface area contributed by atoms with E-state index in [9.17, 15) is 9.90 Å². The number of para-hydroxylation sites is 1. The maximum atomic E-state index is 11.8. The molecular formula is C16H15NO3. The Bertz CT molecular complexity index is 621. The van der Waals surface area contributed by atoms with Crippen molar-refractivity contribution in [2.24, 2.45) is 5.16 Å². The lowest BCUT2D eigenvalue weighted by Crippen LogP contribution is -2.05. The lowest BCUT2D eigenvalue weighted by molar-refractivity contribution is 0.0515. The van der Waals surface area contributed by atoms with Gasteiger partial charge in [0.15, 0.2) is 0 Å². The third kappa shape index (κ3) is 3.23. The van der Waals surface area contributed by atoms with Crippen molar-refractivity contribution in [3.63, 3.8) is 0 Å².